The lowest BCUT2D eigenvalue weighted by molar-refractivity contribution is -0.142. The highest BCUT2D eigenvalue weighted by Gasteiger charge is 2.62. The maximum Gasteiger partial charge on any atom is 0.303 e. The minimum absolute atomic E-state index is 0.0182. The number of nitrogens with zero attached hydrogens (tertiary/aromatic N) is 2. The molecule has 12 heteroatoms. The third-order valence-corrected chi connectivity index (χ3v) is 9.98. The SMILES string of the molecule is O=C(O)CCCCCN1C(=O)[C@H]2[C@H](CC=C3[C@H]2C[C@H]2C(=O)N(CCCCCC(=O)O)C(=O)[C@H]2[C@H]3c2ccccc2OCCO)C1=O. The van der Waals surface area contributed by atoms with Crippen LogP contribution in [0.3, 0.4) is 0 Å². The summed E-state index contributed by atoms with van der Waals surface area (Å²) in [6, 6.07) is 7.22. The second-order valence-corrected chi connectivity index (χ2v) is 12.7. The number of aliphatic carboxylic acids is 2. The molecule has 3 N–H and O–H groups in total. The molecule has 248 valence electrons. The zero-order valence-electron chi connectivity index (χ0n) is 25.8. The number of carbonyl (C=O) groups is 6. The molecule has 6 atom stereocenters. The Labute approximate surface area is 267 Å². The number of carbonyl (C=O) groups excluding carboxylic acids is 4. The first-order chi connectivity index (χ1) is 22.1. The van der Waals surface area contributed by atoms with Gasteiger partial charge in [-0.15, -0.1) is 0 Å². The number of allylic oxidation sites excluding steroid dienone is 2. The van der Waals surface area contributed by atoms with E-state index in [4.69, 9.17) is 14.9 Å². The Bertz CT molecular complexity index is 1410. The summed E-state index contributed by atoms with van der Waals surface area (Å²) >= 11 is 0. The van der Waals surface area contributed by atoms with Gasteiger partial charge in [-0.3, -0.25) is 38.6 Å². The average molecular weight is 639 g/mol. The molecular formula is C34H42N2O10. The van der Waals surface area contributed by atoms with Crippen LogP contribution in [0.4, 0.5) is 0 Å². The van der Waals surface area contributed by atoms with Crippen molar-refractivity contribution >= 4 is 35.6 Å². The van der Waals surface area contributed by atoms with E-state index in [1.54, 1.807) is 12.1 Å². The molecule has 46 heavy (non-hydrogen) atoms. The maximum atomic E-state index is 14.1. The van der Waals surface area contributed by atoms with Crippen molar-refractivity contribution in [3.8, 4) is 5.75 Å². The third kappa shape index (κ3) is 6.58. The van der Waals surface area contributed by atoms with E-state index < -0.39 is 47.4 Å². The van der Waals surface area contributed by atoms with Gasteiger partial charge >= 0.3 is 11.9 Å². The molecule has 1 aromatic rings. The summed E-state index contributed by atoms with van der Waals surface area (Å²) in [6.07, 6.45) is 5.64. The Morgan fingerprint density at radius 3 is 1.93 bits per heavy atom. The van der Waals surface area contributed by atoms with Gasteiger partial charge in [-0.05, 0) is 50.5 Å². The van der Waals surface area contributed by atoms with Crippen molar-refractivity contribution in [1.82, 2.24) is 9.80 Å². The van der Waals surface area contributed by atoms with Crippen LogP contribution in [-0.4, -0.2) is 87.0 Å². The highest BCUT2D eigenvalue weighted by Crippen LogP contribution is 2.58. The van der Waals surface area contributed by atoms with Crippen molar-refractivity contribution in [2.45, 2.75) is 70.1 Å². The quantitative estimate of drug-likeness (QED) is 0.138. The predicted octanol–water partition coefficient (Wildman–Crippen LogP) is 2.98. The zero-order chi connectivity index (χ0) is 33.0. The van der Waals surface area contributed by atoms with Crippen molar-refractivity contribution < 1.29 is 48.8 Å². The van der Waals surface area contributed by atoms with Crippen molar-refractivity contribution in [2.24, 2.45) is 29.6 Å². The van der Waals surface area contributed by atoms with Crippen LogP contribution in [0.2, 0.25) is 0 Å². The molecule has 4 aliphatic rings. The van der Waals surface area contributed by atoms with E-state index in [1.165, 1.54) is 9.80 Å². The number of hydrogen-bond acceptors (Lipinski definition) is 8. The van der Waals surface area contributed by atoms with Crippen LogP contribution in [0.25, 0.3) is 0 Å². The predicted molar refractivity (Wildman–Crippen MR) is 162 cm³/mol. The fourth-order valence-corrected chi connectivity index (χ4v) is 7.98. The number of amides is 4. The fourth-order valence-electron chi connectivity index (χ4n) is 7.98. The number of hydrogen-bond donors (Lipinski definition) is 3. The molecule has 1 saturated carbocycles. The number of carboxylic acid groups (broad SMARTS) is 2. The molecule has 5 rings (SSSR count). The highest BCUT2D eigenvalue weighted by molar-refractivity contribution is 6.08. The van der Waals surface area contributed by atoms with Gasteiger partial charge in [-0.25, -0.2) is 0 Å². The number of carboxylic acids is 2. The lowest BCUT2D eigenvalue weighted by Gasteiger charge is -2.44. The summed E-state index contributed by atoms with van der Waals surface area (Å²) in [7, 11) is 0. The van der Waals surface area contributed by atoms with Gasteiger partial charge < -0.3 is 20.1 Å². The largest absolute Gasteiger partial charge is 0.491 e. The van der Waals surface area contributed by atoms with Crippen LogP contribution in [0.1, 0.15) is 75.7 Å². The molecule has 2 heterocycles. The van der Waals surface area contributed by atoms with Crippen LogP contribution in [0, 0.1) is 29.6 Å². The van der Waals surface area contributed by atoms with Gasteiger partial charge in [0.25, 0.3) is 0 Å². The van der Waals surface area contributed by atoms with Crippen LogP contribution in [-0.2, 0) is 28.8 Å². The van der Waals surface area contributed by atoms with Crippen molar-refractivity contribution in [1.29, 1.82) is 0 Å². The molecule has 0 bridgehead atoms. The van der Waals surface area contributed by atoms with Gasteiger partial charge in [0.1, 0.15) is 12.4 Å². The van der Waals surface area contributed by atoms with Gasteiger partial charge in [0, 0.05) is 37.4 Å². The van der Waals surface area contributed by atoms with Crippen molar-refractivity contribution in [3.05, 3.63) is 41.5 Å². The minimum atomic E-state index is -0.893. The molecule has 12 nitrogen and oxygen atoms in total. The van der Waals surface area contributed by atoms with Gasteiger partial charge in [0.2, 0.25) is 23.6 Å². The van der Waals surface area contributed by atoms with E-state index in [2.05, 4.69) is 0 Å². The molecule has 3 fully saturated rings. The Morgan fingerprint density at radius 1 is 0.739 bits per heavy atom. The fraction of sp³-hybridized carbons (Fsp3) is 0.588. The molecule has 0 radical (unpaired) electrons. The van der Waals surface area contributed by atoms with E-state index in [-0.39, 0.29) is 69.2 Å². The molecule has 0 unspecified atom stereocenters. The Hall–Kier alpha value is -4.06. The number of fused-ring (bicyclic) bond motifs is 4. The van der Waals surface area contributed by atoms with E-state index >= 15 is 0 Å². The number of likely N-dealkylation sites (tertiary alicyclic amines) is 2. The highest BCUT2D eigenvalue weighted by atomic mass is 16.5. The molecule has 0 aromatic heterocycles. The summed E-state index contributed by atoms with van der Waals surface area (Å²) in [5, 5.41) is 27.3. The van der Waals surface area contributed by atoms with E-state index in [1.807, 2.05) is 18.2 Å². The number of imide groups is 2. The van der Waals surface area contributed by atoms with Crippen LogP contribution in [0.15, 0.2) is 35.9 Å². The summed E-state index contributed by atoms with van der Waals surface area (Å²) in [5.41, 5.74) is 1.55. The lowest BCUT2D eigenvalue weighted by Crippen LogP contribution is -2.43. The van der Waals surface area contributed by atoms with E-state index in [0.29, 0.717) is 56.3 Å². The van der Waals surface area contributed by atoms with Gasteiger partial charge in [-0.1, -0.05) is 42.7 Å². The summed E-state index contributed by atoms with van der Waals surface area (Å²) in [6.45, 7) is 0.222. The second kappa shape index (κ2) is 14.6. The topological polar surface area (TPSA) is 179 Å². The van der Waals surface area contributed by atoms with Crippen LogP contribution < -0.4 is 4.74 Å². The normalized spacial score (nSPS) is 26.9. The minimum Gasteiger partial charge on any atom is -0.491 e. The monoisotopic (exact) mass is 638 g/mol. The van der Waals surface area contributed by atoms with Crippen LogP contribution in [0.5, 0.6) is 5.75 Å². The standard InChI is InChI=1S/C34H42N2O10/c37-17-18-46-25-10-6-5-9-21(25)28-20-13-14-22-29(33(44)35(31(22)42)15-7-1-3-11-26(38)39)23(20)19-24-30(28)34(45)36(32(24)43)16-8-2-4-12-27(40)41/h5-6,9-10,13,22-24,28-30,37H,1-4,7-8,11-12,14-19H2,(H,38,39)(H,40,41)/t22-,23+,24+,28+,29-,30+/m0/s1. The van der Waals surface area contributed by atoms with Crippen LogP contribution >= 0.6 is 0 Å². The molecule has 2 saturated heterocycles. The average Bonchev–Trinajstić information content (AvgIpc) is 3.42. The number of benzene rings is 1. The number of unbranched alkanes of at least 4 members (excludes halogenated alkanes) is 4. The second-order valence-electron chi connectivity index (χ2n) is 12.7. The van der Waals surface area contributed by atoms with Gasteiger partial charge in [0.15, 0.2) is 0 Å². The summed E-state index contributed by atoms with van der Waals surface area (Å²) in [5.74, 6) is -6.07. The maximum absolute atomic E-state index is 14.1. The lowest BCUT2D eigenvalue weighted by atomic mass is 9.57. The summed E-state index contributed by atoms with van der Waals surface area (Å²) < 4.78 is 5.89. The molecule has 4 amide bonds. The number of aliphatic hydroxyl groups excluding tert-OH is 1. The Kier molecular flexibility index (Phi) is 10.6. The first-order valence-electron chi connectivity index (χ1n) is 16.3. The van der Waals surface area contributed by atoms with E-state index in [9.17, 15) is 33.9 Å². The smallest absolute Gasteiger partial charge is 0.303 e. The molecule has 0 spiro atoms. The third-order valence-electron chi connectivity index (χ3n) is 9.98. The number of para-hydroxylation sites is 1. The van der Waals surface area contributed by atoms with Crippen molar-refractivity contribution in [3.63, 3.8) is 0 Å². The van der Waals surface area contributed by atoms with Gasteiger partial charge in [-0.2, -0.15) is 0 Å². The Balaban J connectivity index is 1.43. The number of aliphatic hydroxyl groups is 1. The Morgan fingerprint density at radius 2 is 1.33 bits per heavy atom. The molecular weight excluding hydrogens is 596 g/mol. The number of ether oxygens (including phenoxy) is 1. The first-order valence-corrected chi connectivity index (χ1v) is 16.3. The molecule has 2 aliphatic heterocycles. The zero-order valence-corrected chi connectivity index (χ0v) is 25.8. The van der Waals surface area contributed by atoms with Crippen molar-refractivity contribution in [2.75, 3.05) is 26.3 Å². The van der Waals surface area contributed by atoms with Gasteiger partial charge in [0.05, 0.1) is 30.3 Å². The summed E-state index contributed by atoms with van der Waals surface area (Å²) in [4.78, 5) is 79.7. The molecule has 1 aromatic carbocycles. The number of rotatable bonds is 16. The molecule has 2 aliphatic carbocycles. The van der Waals surface area contributed by atoms with E-state index in [0.717, 1.165) is 5.57 Å². The first kappa shape index (κ1) is 33.3.